The number of likely N-dealkylation sites (tertiary alicyclic amines) is 1. The maximum absolute atomic E-state index is 12.6. The van der Waals surface area contributed by atoms with Crippen molar-refractivity contribution in [3.05, 3.63) is 22.8 Å². The molecule has 0 spiro atoms. The molecule has 0 aromatic carbocycles. The summed E-state index contributed by atoms with van der Waals surface area (Å²) in [5.41, 5.74) is 0.583. The number of carbonyl (C=O) groups excluding carboxylic acids is 1. The predicted molar refractivity (Wildman–Crippen MR) is 95.8 cm³/mol. The summed E-state index contributed by atoms with van der Waals surface area (Å²) in [6.07, 6.45) is 5.21. The molecule has 2 fully saturated rings. The molecule has 1 aromatic rings. The smallest absolute Gasteiger partial charge is 0.255 e. The minimum Gasteiger partial charge on any atom is -0.374 e. The molecule has 3 heterocycles. The Hall–Kier alpha value is -1.33. The van der Waals surface area contributed by atoms with Crippen LogP contribution in [0.3, 0.4) is 0 Å². The number of anilines is 1. The third-order valence-electron chi connectivity index (χ3n) is 4.85. The molecule has 0 aliphatic carbocycles. The van der Waals surface area contributed by atoms with Gasteiger partial charge in [-0.05, 0) is 31.2 Å². The molecule has 6 heteroatoms. The van der Waals surface area contributed by atoms with Gasteiger partial charge >= 0.3 is 0 Å². The number of carbonyl (C=O) groups is 1. The molecule has 1 aromatic heterocycles. The van der Waals surface area contributed by atoms with E-state index in [0.717, 1.165) is 44.8 Å². The second kappa shape index (κ2) is 7.70. The number of ether oxygens (including phenoxy) is 1. The van der Waals surface area contributed by atoms with Gasteiger partial charge in [0.2, 0.25) is 0 Å². The Labute approximate surface area is 148 Å². The van der Waals surface area contributed by atoms with Gasteiger partial charge in [-0.1, -0.05) is 25.4 Å². The molecule has 2 aliphatic heterocycles. The normalized spacial score (nSPS) is 22.1. The van der Waals surface area contributed by atoms with Crippen LogP contribution in [0.4, 0.5) is 5.82 Å². The predicted octanol–water partition coefficient (Wildman–Crippen LogP) is 3.22. The van der Waals surface area contributed by atoms with E-state index in [9.17, 15) is 4.79 Å². The maximum atomic E-state index is 12.6. The Kier molecular flexibility index (Phi) is 5.61. The Bertz CT molecular complexity index is 588. The van der Waals surface area contributed by atoms with Gasteiger partial charge in [-0.3, -0.25) is 4.79 Å². The standard InChI is InChI=1S/C18H26ClN3O2/c1-13(2)16-12-22(8-9-24-16)17-15(19)10-14(11-20-17)18(23)21-6-4-3-5-7-21/h10-11,13,16H,3-9,12H2,1-2H3/t16-/m1/s1. The van der Waals surface area contributed by atoms with E-state index < -0.39 is 0 Å². The molecule has 3 rings (SSSR count). The highest BCUT2D eigenvalue weighted by Gasteiger charge is 2.26. The Morgan fingerprint density at radius 3 is 2.71 bits per heavy atom. The van der Waals surface area contributed by atoms with Gasteiger partial charge < -0.3 is 14.5 Å². The summed E-state index contributed by atoms with van der Waals surface area (Å²) in [4.78, 5) is 21.1. The van der Waals surface area contributed by atoms with Crippen molar-refractivity contribution in [1.82, 2.24) is 9.88 Å². The number of amides is 1. The number of pyridine rings is 1. The van der Waals surface area contributed by atoms with Crippen molar-refractivity contribution in [3.63, 3.8) is 0 Å². The van der Waals surface area contributed by atoms with E-state index in [1.54, 1.807) is 12.3 Å². The van der Waals surface area contributed by atoms with Gasteiger partial charge in [0.05, 0.1) is 23.3 Å². The van der Waals surface area contributed by atoms with E-state index in [2.05, 4.69) is 23.7 Å². The summed E-state index contributed by atoms with van der Waals surface area (Å²) in [6, 6.07) is 1.76. The van der Waals surface area contributed by atoms with Crippen molar-refractivity contribution >= 4 is 23.3 Å². The molecule has 0 bridgehead atoms. The summed E-state index contributed by atoms with van der Waals surface area (Å²) in [7, 11) is 0. The summed E-state index contributed by atoms with van der Waals surface area (Å²) in [5, 5.41) is 0.544. The lowest BCUT2D eigenvalue weighted by Gasteiger charge is -2.36. The molecule has 132 valence electrons. The van der Waals surface area contributed by atoms with Crippen LogP contribution in [0.25, 0.3) is 0 Å². The van der Waals surface area contributed by atoms with Crippen molar-refractivity contribution in [2.75, 3.05) is 37.7 Å². The molecule has 5 nitrogen and oxygen atoms in total. The molecule has 2 aliphatic rings. The van der Waals surface area contributed by atoms with Gasteiger partial charge in [-0.2, -0.15) is 0 Å². The molecule has 0 unspecified atom stereocenters. The quantitative estimate of drug-likeness (QED) is 0.838. The van der Waals surface area contributed by atoms with Crippen LogP contribution in [0.15, 0.2) is 12.3 Å². The molecular formula is C18H26ClN3O2. The van der Waals surface area contributed by atoms with Gasteiger partial charge in [0.25, 0.3) is 5.91 Å². The SMILES string of the molecule is CC(C)[C@H]1CN(c2ncc(C(=O)N3CCCCC3)cc2Cl)CCO1. The van der Waals surface area contributed by atoms with Crippen molar-refractivity contribution < 1.29 is 9.53 Å². The molecule has 0 saturated carbocycles. The number of hydrogen-bond donors (Lipinski definition) is 0. The third-order valence-corrected chi connectivity index (χ3v) is 5.13. The summed E-state index contributed by atoms with van der Waals surface area (Å²) in [5.74, 6) is 1.24. The second-order valence-corrected chi connectivity index (χ2v) is 7.39. The van der Waals surface area contributed by atoms with Crippen LogP contribution in [0.1, 0.15) is 43.5 Å². The lowest BCUT2D eigenvalue weighted by molar-refractivity contribution is 0.0112. The van der Waals surface area contributed by atoms with Crippen molar-refractivity contribution in [3.8, 4) is 0 Å². The Morgan fingerprint density at radius 2 is 2.04 bits per heavy atom. The molecule has 0 N–H and O–H groups in total. The topological polar surface area (TPSA) is 45.7 Å². The minimum atomic E-state index is 0.0395. The highest BCUT2D eigenvalue weighted by molar-refractivity contribution is 6.33. The minimum absolute atomic E-state index is 0.0395. The zero-order valence-electron chi connectivity index (χ0n) is 14.5. The van der Waals surface area contributed by atoms with Crippen LogP contribution in [-0.4, -0.2) is 54.7 Å². The second-order valence-electron chi connectivity index (χ2n) is 6.98. The van der Waals surface area contributed by atoms with Gasteiger partial charge in [-0.25, -0.2) is 4.98 Å². The fraction of sp³-hybridized carbons (Fsp3) is 0.667. The number of nitrogens with zero attached hydrogens (tertiary/aromatic N) is 3. The highest BCUT2D eigenvalue weighted by Crippen LogP contribution is 2.27. The van der Waals surface area contributed by atoms with E-state index in [1.165, 1.54) is 6.42 Å². The largest absolute Gasteiger partial charge is 0.374 e. The van der Waals surface area contributed by atoms with Crippen LogP contribution in [0.5, 0.6) is 0 Å². The van der Waals surface area contributed by atoms with Crippen LogP contribution in [-0.2, 0) is 4.74 Å². The number of rotatable bonds is 3. The van der Waals surface area contributed by atoms with Crippen LogP contribution < -0.4 is 4.90 Å². The first-order chi connectivity index (χ1) is 11.6. The molecular weight excluding hydrogens is 326 g/mol. The number of halogens is 1. The highest BCUT2D eigenvalue weighted by atomic mass is 35.5. The number of morpholine rings is 1. The molecule has 2 saturated heterocycles. The zero-order chi connectivity index (χ0) is 17.1. The van der Waals surface area contributed by atoms with Crippen LogP contribution >= 0.6 is 11.6 Å². The first-order valence-corrected chi connectivity index (χ1v) is 9.25. The van der Waals surface area contributed by atoms with E-state index in [-0.39, 0.29) is 12.0 Å². The first-order valence-electron chi connectivity index (χ1n) is 8.87. The fourth-order valence-electron chi connectivity index (χ4n) is 3.33. The van der Waals surface area contributed by atoms with E-state index in [1.807, 2.05) is 4.90 Å². The molecule has 1 atom stereocenters. The van der Waals surface area contributed by atoms with E-state index >= 15 is 0 Å². The summed E-state index contributed by atoms with van der Waals surface area (Å²) >= 11 is 6.46. The third kappa shape index (κ3) is 3.83. The number of aromatic nitrogens is 1. The maximum Gasteiger partial charge on any atom is 0.255 e. The van der Waals surface area contributed by atoms with Crippen molar-refractivity contribution in [2.24, 2.45) is 5.92 Å². The van der Waals surface area contributed by atoms with Crippen LogP contribution in [0.2, 0.25) is 5.02 Å². The van der Waals surface area contributed by atoms with E-state index in [4.69, 9.17) is 16.3 Å². The average molecular weight is 352 g/mol. The molecule has 24 heavy (non-hydrogen) atoms. The average Bonchev–Trinajstić information content (AvgIpc) is 2.62. The monoisotopic (exact) mass is 351 g/mol. The van der Waals surface area contributed by atoms with Gasteiger partial charge in [-0.15, -0.1) is 0 Å². The first kappa shape index (κ1) is 17.5. The van der Waals surface area contributed by atoms with Gasteiger partial charge in [0.1, 0.15) is 5.82 Å². The van der Waals surface area contributed by atoms with E-state index in [0.29, 0.717) is 23.1 Å². The van der Waals surface area contributed by atoms with Gasteiger partial charge in [0, 0.05) is 32.4 Å². The fourth-order valence-corrected chi connectivity index (χ4v) is 3.62. The Morgan fingerprint density at radius 1 is 1.29 bits per heavy atom. The van der Waals surface area contributed by atoms with Crippen LogP contribution in [0, 0.1) is 5.92 Å². The lowest BCUT2D eigenvalue weighted by atomic mass is 10.1. The summed E-state index contributed by atoms with van der Waals surface area (Å²) in [6.45, 7) is 8.21. The van der Waals surface area contributed by atoms with Crippen molar-refractivity contribution in [1.29, 1.82) is 0 Å². The molecule has 1 amide bonds. The molecule has 0 radical (unpaired) electrons. The zero-order valence-corrected chi connectivity index (χ0v) is 15.3. The van der Waals surface area contributed by atoms with Crippen molar-refractivity contribution in [2.45, 2.75) is 39.2 Å². The number of hydrogen-bond acceptors (Lipinski definition) is 4. The number of piperidine rings is 1. The van der Waals surface area contributed by atoms with Gasteiger partial charge in [0.15, 0.2) is 0 Å². The lowest BCUT2D eigenvalue weighted by Crippen LogP contribution is -2.45. The Balaban J connectivity index is 1.73. The summed E-state index contributed by atoms with van der Waals surface area (Å²) < 4.78 is 5.80.